The smallest absolute Gasteiger partial charge is 0.306 e. The van der Waals surface area contributed by atoms with Crippen molar-refractivity contribution in [3.05, 3.63) is 207 Å². The Morgan fingerprint density at radius 3 is 0.769 bits per heavy atom. The summed E-state index contributed by atoms with van der Waals surface area (Å²) in [6.45, 7) is 3.87. The lowest BCUT2D eigenvalue weighted by Crippen LogP contribution is -2.28. The summed E-state index contributed by atoms with van der Waals surface area (Å²) in [5.74, 6) is -0.648. The SMILES string of the molecule is CC/C=C\C/C=C\C/C=C\C/C=C\C/C=C\C/C=C\C/C=C\C/C=C\C/C=C\CCCCCCCC(=O)OC(CO)COC(=O)CCCCCCCC/C=C\C/C=C\C/C=C\C/C=C\C/C=C\C/C=C\C/C=C\C/C=C\CC. The molecule has 0 aromatic heterocycles. The van der Waals surface area contributed by atoms with Crippen molar-refractivity contribution >= 4 is 11.9 Å². The zero-order valence-corrected chi connectivity index (χ0v) is 49.3. The van der Waals surface area contributed by atoms with E-state index in [0.717, 1.165) is 173 Å². The number of rotatable bonds is 53. The highest BCUT2D eigenvalue weighted by atomic mass is 16.6. The van der Waals surface area contributed by atoms with Crippen LogP contribution in [0, 0.1) is 0 Å². The molecule has 0 saturated carbocycles. The number of aliphatic hydroxyl groups is 1. The minimum absolute atomic E-state index is 0.0973. The first-order valence-corrected chi connectivity index (χ1v) is 30.6. The number of allylic oxidation sites excluding steroid dienone is 34. The molecule has 5 heteroatoms. The molecule has 0 saturated heterocycles. The second kappa shape index (κ2) is 65.8. The molecule has 0 radical (unpaired) electrons. The van der Waals surface area contributed by atoms with Crippen LogP contribution in [0.25, 0.3) is 0 Å². The minimum Gasteiger partial charge on any atom is -0.462 e. The summed E-state index contributed by atoms with van der Waals surface area (Å²) in [6, 6.07) is 0. The Balaban J connectivity index is 3.69. The summed E-state index contributed by atoms with van der Waals surface area (Å²) in [5.41, 5.74) is 0. The number of hydrogen-bond acceptors (Lipinski definition) is 5. The van der Waals surface area contributed by atoms with Crippen LogP contribution in [0.2, 0.25) is 0 Å². The summed E-state index contributed by atoms with van der Waals surface area (Å²) in [6.07, 6.45) is 106. The van der Waals surface area contributed by atoms with Gasteiger partial charge in [-0.05, 0) is 148 Å². The van der Waals surface area contributed by atoms with E-state index in [1.54, 1.807) is 0 Å². The molecule has 0 bridgehead atoms. The number of hydrogen-bond donors (Lipinski definition) is 1. The molecule has 0 rings (SSSR count). The zero-order valence-electron chi connectivity index (χ0n) is 49.3. The monoisotopic (exact) mass is 1070 g/mol. The van der Waals surface area contributed by atoms with Crippen LogP contribution >= 0.6 is 0 Å². The maximum atomic E-state index is 12.3. The van der Waals surface area contributed by atoms with E-state index < -0.39 is 6.10 Å². The number of carbonyl (C=O) groups is 2. The van der Waals surface area contributed by atoms with Crippen LogP contribution < -0.4 is 0 Å². The van der Waals surface area contributed by atoms with E-state index in [-0.39, 0.29) is 25.2 Å². The van der Waals surface area contributed by atoms with E-state index in [2.05, 4.69) is 220 Å². The lowest BCUT2D eigenvalue weighted by molar-refractivity contribution is -0.161. The van der Waals surface area contributed by atoms with Crippen molar-refractivity contribution in [1.29, 1.82) is 0 Å². The molecule has 0 fully saturated rings. The molecule has 0 heterocycles. The van der Waals surface area contributed by atoms with Gasteiger partial charge in [-0.3, -0.25) is 9.59 Å². The van der Waals surface area contributed by atoms with Gasteiger partial charge in [-0.1, -0.05) is 265 Å². The molecular weight excluding hydrogens is 957 g/mol. The highest BCUT2D eigenvalue weighted by Gasteiger charge is 2.16. The van der Waals surface area contributed by atoms with Crippen LogP contribution in [0.4, 0.5) is 0 Å². The first-order chi connectivity index (χ1) is 38.6. The molecule has 1 unspecified atom stereocenters. The van der Waals surface area contributed by atoms with Crippen molar-refractivity contribution in [2.45, 2.75) is 225 Å². The Hall–Kier alpha value is -5.52. The van der Waals surface area contributed by atoms with E-state index >= 15 is 0 Å². The summed E-state index contributed by atoms with van der Waals surface area (Å²) in [5, 5.41) is 9.67. The highest BCUT2D eigenvalue weighted by molar-refractivity contribution is 5.70. The van der Waals surface area contributed by atoms with Crippen molar-refractivity contribution in [3.8, 4) is 0 Å². The minimum atomic E-state index is -0.808. The molecular formula is C73H110O5. The second-order valence-corrected chi connectivity index (χ2v) is 19.3. The molecule has 0 aromatic carbocycles. The predicted molar refractivity (Wildman–Crippen MR) is 342 cm³/mol. The lowest BCUT2D eigenvalue weighted by atomic mass is 10.1. The average Bonchev–Trinajstić information content (AvgIpc) is 3.44. The van der Waals surface area contributed by atoms with Crippen molar-refractivity contribution in [2.24, 2.45) is 0 Å². The van der Waals surface area contributed by atoms with Gasteiger partial charge in [0, 0.05) is 12.8 Å². The number of unbranched alkanes of at least 4 members (excludes halogenated alkanes) is 11. The molecule has 5 nitrogen and oxygen atoms in total. The third kappa shape index (κ3) is 63.0. The Morgan fingerprint density at radius 2 is 0.513 bits per heavy atom. The third-order valence-corrected chi connectivity index (χ3v) is 12.1. The van der Waals surface area contributed by atoms with Gasteiger partial charge in [0.2, 0.25) is 0 Å². The van der Waals surface area contributed by atoms with Gasteiger partial charge in [0.05, 0.1) is 6.61 Å². The van der Waals surface area contributed by atoms with Gasteiger partial charge >= 0.3 is 11.9 Å². The first-order valence-electron chi connectivity index (χ1n) is 30.6. The van der Waals surface area contributed by atoms with Crippen molar-refractivity contribution in [1.82, 2.24) is 0 Å². The molecule has 0 spiro atoms. The zero-order chi connectivity index (χ0) is 56.2. The Bertz CT molecular complexity index is 1880. The van der Waals surface area contributed by atoms with E-state index in [9.17, 15) is 14.7 Å². The van der Waals surface area contributed by atoms with Crippen molar-refractivity contribution in [2.75, 3.05) is 13.2 Å². The van der Waals surface area contributed by atoms with Crippen molar-refractivity contribution in [3.63, 3.8) is 0 Å². The maximum absolute atomic E-state index is 12.3. The van der Waals surface area contributed by atoms with Gasteiger partial charge in [0.25, 0.3) is 0 Å². The molecule has 1 atom stereocenters. The summed E-state index contributed by atoms with van der Waals surface area (Å²) in [4.78, 5) is 24.6. The molecule has 0 aliphatic carbocycles. The normalized spacial score (nSPS) is 13.7. The Morgan fingerprint density at radius 1 is 0.295 bits per heavy atom. The van der Waals surface area contributed by atoms with Crippen LogP contribution in [0.1, 0.15) is 219 Å². The first kappa shape index (κ1) is 72.5. The predicted octanol–water partition coefficient (Wildman–Crippen LogP) is 21.4. The molecule has 432 valence electrons. The number of carbonyl (C=O) groups excluding carboxylic acids is 2. The summed E-state index contributed by atoms with van der Waals surface area (Å²) in [7, 11) is 0. The molecule has 0 aromatic rings. The van der Waals surface area contributed by atoms with Crippen LogP contribution in [0.5, 0.6) is 0 Å². The van der Waals surface area contributed by atoms with Crippen LogP contribution in [-0.2, 0) is 19.1 Å². The van der Waals surface area contributed by atoms with Gasteiger partial charge in [0.1, 0.15) is 6.61 Å². The average molecular weight is 1070 g/mol. The van der Waals surface area contributed by atoms with Gasteiger partial charge in [-0.15, -0.1) is 0 Å². The second-order valence-electron chi connectivity index (χ2n) is 19.3. The Labute approximate surface area is 479 Å². The quantitative estimate of drug-likeness (QED) is 0.0373. The van der Waals surface area contributed by atoms with Crippen LogP contribution in [-0.4, -0.2) is 36.4 Å². The molecule has 0 amide bonds. The topological polar surface area (TPSA) is 72.8 Å². The van der Waals surface area contributed by atoms with E-state index in [4.69, 9.17) is 9.47 Å². The molecule has 1 N–H and O–H groups in total. The fourth-order valence-electron chi connectivity index (χ4n) is 7.56. The van der Waals surface area contributed by atoms with E-state index in [0.29, 0.717) is 12.8 Å². The maximum Gasteiger partial charge on any atom is 0.306 e. The fraction of sp³-hybridized carbons (Fsp3) is 0.507. The molecule has 0 aliphatic rings. The van der Waals surface area contributed by atoms with Crippen molar-refractivity contribution < 1.29 is 24.2 Å². The standard InChI is InChI=1S/C73H110O5/c1-3-5-7-9-11-13-15-17-19-21-23-25-27-29-31-33-35-36-38-40-42-44-46-48-50-52-54-56-58-60-62-64-66-68-73(76)78-71(69-74)70-77-72(75)67-65-63-61-59-57-55-53-51-49-47-45-43-41-39-37-34-32-30-28-26-24-22-20-18-16-14-12-10-8-6-4-2/h5-8,11-14,17-20,23-26,29-32,35-37,39-40,42-43,45-46,48-49,51-52,54,71,74H,3-4,9-10,15-16,21-22,27-28,33-34,38,41,44,47,50,53,55-70H2,1-2H3/b7-5-,8-6-,13-11-,14-12-,19-17-,20-18-,25-23-,26-24-,31-29-,32-30-,36-35-,39-37-,42-40-,45-43-,48-46-,51-49-,54-52-. The summed E-state index contributed by atoms with van der Waals surface area (Å²) < 4.78 is 10.7. The Kier molecular flexibility index (Phi) is 61.1. The van der Waals surface area contributed by atoms with Gasteiger partial charge in [-0.2, -0.15) is 0 Å². The number of esters is 2. The van der Waals surface area contributed by atoms with Gasteiger partial charge in [-0.25, -0.2) is 0 Å². The van der Waals surface area contributed by atoms with Gasteiger partial charge < -0.3 is 14.6 Å². The van der Waals surface area contributed by atoms with Crippen LogP contribution in [0.3, 0.4) is 0 Å². The summed E-state index contributed by atoms with van der Waals surface area (Å²) >= 11 is 0. The molecule has 0 aliphatic heterocycles. The fourth-order valence-corrected chi connectivity index (χ4v) is 7.56. The van der Waals surface area contributed by atoms with E-state index in [1.807, 2.05) is 0 Å². The largest absolute Gasteiger partial charge is 0.462 e. The van der Waals surface area contributed by atoms with Crippen LogP contribution in [0.15, 0.2) is 207 Å². The van der Waals surface area contributed by atoms with E-state index in [1.165, 1.54) is 19.3 Å². The lowest BCUT2D eigenvalue weighted by Gasteiger charge is -2.15. The highest BCUT2D eigenvalue weighted by Crippen LogP contribution is 2.12. The third-order valence-electron chi connectivity index (χ3n) is 12.1. The van der Waals surface area contributed by atoms with Gasteiger partial charge in [0.15, 0.2) is 6.10 Å². The number of aliphatic hydroxyl groups excluding tert-OH is 1. The molecule has 78 heavy (non-hydrogen) atoms. The number of ether oxygens (including phenoxy) is 2.